The van der Waals surface area contributed by atoms with Gasteiger partial charge in [0.05, 0.1) is 18.7 Å². The summed E-state index contributed by atoms with van der Waals surface area (Å²) in [5.74, 6) is 0.928. The van der Waals surface area contributed by atoms with Crippen molar-refractivity contribution in [1.29, 1.82) is 0 Å². The smallest absolute Gasteiger partial charge is 0.250 e. The number of rotatable bonds is 7. The molecule has 2 rings (SSSR count). The Labute approximate surface area is 153 Å². The highest BCUT2D eigenvalue weighted by atomic mass is 79.9. The molecular formula is C16H18BrN3O3S. The number of benzene rings is 1. The highest BCUT2D eigenvalue weighted by Gasteiger charge is 2.10. The molecule has 0 saturated carbocycles. The third kappa shape index (κ3) is 4.78. The lowest BCUT2D eigenvalue weighted by Gasteiger charge is -2.10. The summed E-state index contributed by atoms with van der Waals surface area (Å²) in [4.78, 5) is 12.0. The van der Waals surface area contributed by atoms with E-state index in [1.54, 1.807) is 26.4 Å². The molecule has 8 heteroatoms. The minimum atomic E-state index is -0.264. The van der Waals surface area contributed by atoms with E-state index in [-0.39, 0.29) is 5.91 Å². The van der Waals surface area contributed by atoms with Crippen LogP contribution in [0, 0.1) is 0 Å². The highest BCUT2D eigenvalue weighted by molar-refractivity contribution is 9.10. The van der Waals surface area contributed by atoms with E-state index in [2.05, 4.69) is 38.4 Å². The number of hydrogen-bond donors (Lipinski definition) is 1. The first-order chi connectivity index (χ1) is 11.6. The number of nitrogens with zero attached hydrogens (tertiary/aromatic N) is 2. The summed E-state index contributed by atoms with van der Waals surface area (Å²) in [5, 5.41) is 12.1. The summed E-state index contributed by atoms with van der Waals surface area (Å²) in [6, 6.07) is 3.63. The van der Waals surface area contributed by atoms with Gasteiger partial charge in [-0.2, -0.15) is 0 Å². The number of carbonyl (C=O) groups is 1. The van der Waals surface area contributed by atoms with Crippen molar-refractivity contribution in [2.45, 2.75) is 19.8 Å². The maximum absolute atomic E-state index is 12.0. The van der Waals surface area contributed by atoms with Gasteiger partial charge in [0.15, 0.2) is 11.5 Å². The molecule has 0 saturated heterocycles. The van der Waals surface area contributed by atoms with E-state index in [1.165, 1.54) is 17.4 Å². The Hall–Kier alpha value is -1.93. The number of aryl methyl sites for hydroxylation is 1. The molecule has 2 aromatic rings. The van der Waals surface area contributed by atoms with Gasteiger partial charge in [-0.15, -0.1) is 10.2 Å². The third-order valence-electron chi connectivity index (χ3n) is 3.04. The van der Waals surface area contributed by atoms with Gasteiger partial charge in [0.25, 0.3) is 0 Å². The number of carbonyl (C=O) groups excluding carboxylic acids is 1. The summed E-state index contributed by atoms with van der Waals surface area (Å²) in [5.41, 5.74) is 0.804. The zero-order valence-electron chi connectivity index (χ0n) is 13.6. The van der Waals surface area contributed by atoms with Gasteiger partial charge in [-0.05, 0) is 46.1 Å². The van der Waals surface area contributed by atoms with Gasteiger partial charge in [0.1, 0.15) is 5.01 Å². The number of halogens is 1. The number of amides is 1. The van der Waals surface area contributed by atoms with Crippen LogP contribution in [0.4, 0.5) is 5.13 Å². The first kappa shape index (κ1) is 18.4. The summed E-state index contributed by atoms with van der Waals surface area (Å²) in [7, 11) is 3.13. The molecule has 6 nitrogen and oxygen atoms in total. The summed E-state index contributed by atoms with van der Waals surface area (Å²) < 4.78 is 11.3. The maximum Gasteiger partial charge on any atom is 0.250 e. The molecule has 0 unspecified atom stereocenters. The molecule has 0 spiro atoms. The van der Waals surface area contributed by atoms with Crippen LogP contribution in [0.5, 0.6) is 11.5 Å². The fourth-order valence-corrected chi connectivity index (χ4v) is 3.44. The van der Waals surface area contributed by atoms with Crippen LogP contribution >= 0.6 is 27.3 Å². The van der Waals surface area contributed by atoms with E-state index in [4.69, 9.17) is 9.47 Å². The highest BCUT2D eigenvalue weighted by Crippen LogP contribution is 2.36. The van der Waals surface area contributed by atoms with Gasteiger partial charge in [-0.1, -0.05) is 18.3 Å². The van der Waals surface area contributed by atoms with Crippen molar-refractivity contribution < 1.29 is 14.3 Å². The van der Waals surface area contributed by atoms with Gasteiger partial charge < -0.3 is 9.47 Å². The van der Waals surface area contributed by atoms with E-state index in [0.717, 1.165) is 27.9 Å². The molecule has 0 aliphatic heterocycles. The van der Waals surface area contributed by atoms with Gasteiger partial charge in [-0.25, -0.2) is 0 Å². The van der Waals surface area contributed by atoms with Gasteiger partial charge >= 0.3 is 0 Å². The van der Waals surface area contributed by atoms with E-state index < -0.39 is 0 Å². The largest absolute Gasteiger partial charge is 0.493 e. The quantitative estimate of drug-likeness (QED) is 0.698. The Morgan fingerprint density at radius 1 is 1.33 bits per heavy atom. The molecule has 24 heavy (non-hydrogen) atoms. The van der Waals surface area contributed by atoms with Crippen LogP contribution < -0.4 is 14.8 Å². The molecule has 0 fully saturated rings. The average Bonchev–Trinajstić information content (AvgIpc) is 2.99. The molecule has 0 atom stereocenters. The van der Waals surface area contributed by atoms with Crippen molar-refractivity contribution in [3.63, 3.8) is 0 Å². The van der Waals surface area contributed by atoms with Gasteiger partial charge in [0.2, 0.25) is 11.0 Å². The fraction of sp³-hybridized carbons (Fsp3) is 0.312. The topological polar surface area (TPSA) is 73.3 Å². The Bertz CT molecular complexity index is 746. The first-order valence-electron chi connectivity index (χ1n) is 7.30. The van der Waals surface area contributed by atoms with E-state index >= 15 is 0 Å². The average molecular weight is 412 g/mol. The van der Waals surface area contributed by atoms with Crippen LogP contribution in [0.25, 0.3) is 6.08 Å². The maximum atomic E-state index is 12.0. The first-order valence-corrected chi connectivity index (χ1v) is 8.91. The van der Waals surface area contributed by atoms with Crippen LogP contribution in [-0.2, 0) is 11.2 Å². The van der Waals surface area contributed by atoms with E-state index in [0.29, 0.717) is 16.6 Å². The predicted octanol–water partition coefficient (Wildman–Crippen LogP) is 3.92. The second kappa shape index (κ2) is 8.79. The standard InChI is InChI=1S/C16H18BrN3O3S/c1-4-5-14-19-20-16(24-14)18-13(21)7-6-10-8-11(17)15(23-3)12(9-10)22-2/h6-9H,4-5H2,1-3H3,(H,18,20,21)/b7-6+. The van der Waals surface area contributed by atoms with Crippen molar-refractivity contribution in [3.8, 4) is 11.5 Å². The predicted molar refractivity (Wildman–Crippen MR) is 98.8 cm³/mol. The summed E-state index contributed by atoms with van der Waals surface area (Å²) in [6.07, 6.45) is 4.99. The molecule has 0 aliphatic rings. The van der Waals surface area contributed by atoms with Gasteiger partial charge in [-0.3, -0.25) is 10.1 Å². The summed E-state index contributed by atoms with van der Waals surface area (Å²) >= 11 is 4.81. The number of hydrogen-bond acceptors (Lipinski definition) is 6. The van der Waals surface area contributed by atoms with Crippen LogP contribution in [0.1, 0.15) is 23.9 Å². The second-order valence-electron chi connectivity index (χ2n) is 4.81. The van der Waals surface area contributed by atoms with Crippen LogP contribution in [0.2, 0.25) is 0 Å². The van der Waals surface area contributed by atoms with Crippen molar-refractivity contribution in [3.05, 3.63) is 33.3 Å². The minimum absolute atomic E-state index is 0.264. The Morgan fingerprint density at radius 2 is 2.12 bits per heavy atom. The van der Waals surface area contributed by atoms with Crippen molar-refractivity contribution in [1.82, 2.24) is 10.2 Å². The molecule has 128 valence electrons. The molecular weight excluding hydrogens is 394 g/mol. The van der Waals surface area contributed by atoms with Crippen molar-refractivity contribution >= 4 is 44.4 Å². The SMILES string of the molecule is CCCc1nnc(NC(=O)/C=C/c2cc(Br)c(OC)c(OC)c2)s1. The third-order valence-corrected chi connectivity index (χ3v) is 4.53. The number of ether oxygens (including phenoxy) is 2. The minimum Gasteiger partial charge on any atom is -0.493 e. The number of aromatic nitrogens is 2. The Kier molecular flexibility index (Phi) is 6.74. The van der Waals surface area contributed by atoms with E-state index in [9.17, 15) is 4.79 Å². The molecule has 1 amide bonds. The number of anilines is 1. The van der Waals surface area contributed by atoms with Crippen molar-refractivity contribution in [2.24, 2.45) is 0 Å². The molecule has 1 N–H and O–H groups in total. The molecule has 0 radical (unpaired) electrons. The zero-order valence-corrected chi connectivity index (χ0v) is 16.0. The Morgan fingerprint density at radius 3 is 2.79 bits per heavy atom. The zero-order chi connectivity index (χ0) is 17.5. The normalized spacial score (nSPS) is 10.8. The molecule has 1 aromatic carbocycles. The van der Waals surface area contributed by atoms with E-state index in [1.807, 2.05) is 6.07 Å². The van der Waals surface area contributed by atoms with Crippen LogP contribution in [0.15, 0.2) is 22.7 Å². The van der Waals surface area contributed by atoms with Crippen LogP contribution in [-0.4, -0.2) is 30.3 Å². The number of nitrogens with one attached hydrogen (secondary N) is 1. The molecule has 1 aromatic heterocycles. The van der Waals surface area contributed by atoms with Crippen LogP contribution in [0.3, 0.4) is 0 Å². The van der Waals surface area contributed by atoms with Crippen molar-refractivity contribution in [2.75, 3.05) is 19.5 Å². The lowest BCUT2D eigenvalue weighted by atomic mass is 10.2. The lowest BCUT2D eigenvalue weighted by Crippen LogP contribution is -2.07. The second-order valence-corrected chi connectivity index (χ2v) is 6.73. The Balaban J connectivity index is 2.06. The molecule has 0 aliphatic carbocycles. The molecule has 1 heterocycles. The van der Waals surface area contributed by atoms with Gasteiger partial charge in [0, 0.05) is 12.5 Å². The molecule has 0 bridgehead atoms. The lowest BCUT2D eigenvalue weighted by molar-refractivity contribution is -0.111. The summed E-state index contributed by atoms with van der Waals surface area (Å²) in [6.45, 7) is 2.07. The fourth-order valence-electron chi connectivity index (χ4n) is 1.97. The monoisotopic (exact) mass is 411 g/mol. The number of methoxy groups -OCH3 is 2.